The van der Waals surface area contributed by atoms with Crippen molar-refractivity contribution in [1.82, 2.24) is 38.8 Å². The van der Waals surface area contributed by atoms with E-state index >= 15 is 0 Å². The highest BCUT2D eigenvalue weighted by molar-refractivity contribution is 7.10. The minimum absolute atomic E-state index is 0.576. The number of aromatic nitrogens is 7. The van der Waals surface area contributed by atoms with E-state index in [4.69, 9.17) is 0 Å². The van der Waals surface area contributed by atoms with E-state index in [2.05, 4.69) is 71.6 Å². The molecule has 5 heterocycles. The van der Waals surface area contributed by atoms with Crippen LogP contribution in [0.25, 0.3) is 16.9 Å². The predicted octanol–water partition coefficient (Wildman–Crippen LogP) is 4.91. The number of nitrogens with zero attached hydrogens (tertiary/aromatic N) is 7. The zero-order chi connectivity index (χ0) is 27.6. The molecule has 0 saturated heterocycles. The van der Waals surface area contributed by atoms with E-state index in [-0.39, 0.29) is 0 Å². The Kier molecular flexibility index (Phi) is 9.70. The summed E-state index contributed by atoms with van der Waals surface area (Å²) in [6.07, 6.45) is 11.2. The average molecular weight is 547 g/mol. The van der Waals surface area contributed by atoms with Gasteiger partial charge in [-0.2, -0.15) is 9.47 Å². The van der Waals surface area contributed by atoms with Crippen molar-refractivity contribution in [2.75, 3.05) is 17.2 Å². The molecule has 5 rings (SSSR count). The van der Waals surface area contributed by atoms with E-state index < -0.39 is 0 Å². The fourth-order valence-electron chi connectivity index (χ4n) is 3.75. The first-order chi connectivity index (χ1) is 19.0. The number of imidazole rings is 1. The zero-order valence-corrected chi connectivity index (χ0v) is 23.4. The maximum Gasteiger partial charge on any atom is 0.212 e. The molecule has 3 N–H and O–H groups in total. The van der Waals surface area contributed by atoms with Crippen LogP contribution in [0.2, 0.25) is 0 Å². The molecule has 1 unspecified atom stereocenters. The van der Waals surface area contributed by atoms with Gasteiger partial charge in [-0.1, -0.05) is 26.3 Å². The molecule has 1 atom stereocenters. The normalized spacial score (nSPS) is 11.6. The second-order valence-electron chi connectivity index (χ2n) is 9.08. The summed E-state index contributed by atoms with van der Waals surface area (Å²) in [7, 11) is 0. The van der Waals surface area contributed by atoms with Crippen LogP contribution < -0.4 is 16.0 Å². The minimum Gasteiger partial charge on any atom is -0.328 e. The first-order valence-corrected chi connectivity index (χ1v) is 13.7. The van der Waals surface area contributed by atoms with Crippen LogP contribution in [0.15, 0.2) is 55.2 Å². The van der Waals surface area contributed by atoms with E-state index in [1.54, 1.807) is 24.4 Å². The van der Waals surface area contributed by atoms with Crippen molar-refractivity contribution in [3.8, 4) is 11.3 Å². The molecular formula is C27H34N10OS. The topological polar surface area (TPSA) is 127 Å². The van der Waals surface area contributed by atoms with E-state index in [9.17, 15) is 4.79 Å². The third-order valence-corrected chi connectivity index (χ3v) is 6.78. The first-order valence-electron chi connectivity index (χ1n) is 12.9. The number of pyridine rings is 1. The third-order valence-electron chi connectivity index (χ3n) is 6.03. The molecule has 0 fully saturated rings. The number of aryl methyl sites for hydroxylation is 2. The average Bonchev–Trinajstić information content (AvgIpc) is 3.69. The Morgan fingerprint density at radius 1 is 1.15 bits per heavy atom. The molecule has 0 spiro atoms. The monoisotopic (exact) mass is 546 g/mol. The van der Waals surface area contributed by atoms with Gasteiger partial charge in [0.1, 0.15) is 10.8 Å². The van der Waals surface area contributed by atoms with Crippen molar-refractivity contribution in [1.29, 1.82) is 0 Å². The molecule has 39 heavy (non-hydrogen) atoms. The smallest absolute Gasteiger partial charge is 0.212 e. The van der Waals surface area contributed by atoms with Gasteiger partial charge in [0.15, 0.2) is 11.5 Å². The standard InChI is InChI=1S/C21H28N8S.C6H6N2O/c1-5-14(3)8-22-10-17-7-19(30-27-17)26-20-21-23-11-18(29(21)12-15(4)25-20)16-9-24-28(6-2)13-16;9-5-8-6-3-1-2-4-7-6/h7,9,11-14,22H,5-6,8,10H2,1-4H3,(H,25,26);1-5H,(H,7,8,9). The lowest BCUT2D eigenvalue weighted by Crippen LogP contribution is -2.20. The van der Waals surface area contributed by atoms with Gasteiger partial charge < -0.3 is 16.0 Å². The highest BCUT2D eigenvalue weighted by atomic mass is 32.1. The van der Waals surface area contributed by atoms with Crippen LogP contribution in [0.4, 0.5) is 16.6 Å². The molecule has 11 nitrogen and oxygen atoms in total. The number of rotatable bonds is 11. The van der Waals surface area contributed by atoms with Gasteiger partial charge in [0, 0.05) is 37.2 Å². The van der Waals surface area contributed by atoms with Gasteiger partial charge >= 0.3 is 0 Å². The molecule has 0 aliphatic rings. The van der Waals surface area contributed by atoms with Gasteiger partial charge in [0.25, 0.3) is 0 Å². The summed E-state index contributed by atoms with van der Waals surface area (Å²) in [4.78, 5) is 23.0. The predicted molar refractivity (Wildman–Crippen MR) is 155 cm³/mol. The maximum atomic E-state index is 9.82. The molecular weight excluding hydrogens is 512 g/mol. The van der Waals surface area contributed by atoms with Gasteiger partial charge in [-0.25, -0.2) is 15.0 Å². The van der Waals surface area contributed by atoms with Crippen molar-refractivity contribution in [3.63, 3.8) is 0 Å². The highest BCUT2D eigenvalue weighted by Crippen LogP contribution is 2.27. The third kappa shape index (κ3) is 7.45. The summed E-state index contributed by atoms with van der Waals surface area (Å²) >= 11 is 1.44. The van der Waals surface area contributed by atoms with Crippen molar-refractivity contribution >= 4 is 40.2 Å². The van der Waals surface area contributed by atoms with Gasteiger partial charge in [-0.3, -0.25) is 13.9 Å². The summed E-state index contributed by atoms with van der Waals surface area (Å²) in [5, 5.41) is 14.6. The molecule has 0 aliphatic heterocycles. The second kappa shape index (κ2) is 13.6. The number of fused-ring (bicyclic) bond motifs is 1. The molecule has 0 saturated carbocycles. The van der Waals surface area contributed by atoms with Crippen LogP contribution in [0.1, 0.15) is 38.6 Å². The number of carbonyl (C=O) groups is 1. The fraction of sp³-hybridized carbons (Fsp3) is 0.333. The molecule has 1 amide bonds. The van der Waals surface area contributed by atoms with Gasteiger partial charge in [0.05, 0.1) is 29.5 Å². The van der Waals surface area contributed by atoms with Crippen LogP contribution in [-0.2, 0) is 17.9 Å². The lowest BCUT2D eigenvalue weighted by atomic mass is 10.1. The highest BCUT2D eigenvalue weighted by Gasteiger charge is 2.14. The quantitative estimate of drug-likeness (QED) is 0.200. The number of nitrogens with one attached hydrogen (secondary N) is 3. The van der Waals surface area contributed by atoms with E-state index in [0.29, 0.717) is 18.1 Å². The number of carbonyl (C=O) groups excluding carboxylic acids is 1. The number of anilines is 3. The minimum atomic E-state index is 0.576. The van der Waals surface area contributed by atoms with E-state index in [1.165, 1.54) is 18.0 Å². The molecule has 12 heteroatoms. The molecule has 5 aromatic rings. The van der Waals surface area contributed by atoms with Crippen molar-refractivity contribution in [2.24, 2.45) is 5.92 Å². The van der Waals surface area contributed by atoms with E-state index in [1.807, 2.05) is 36.4 Å². The van der Waals surface area contributed by atoms with Crippen LogP contribution in [0.5, 0.6) is 0 Å². The van der Waals surface area contributed by atoms with Gasteiger partial charge in [0.2, 0.25) is 6.41 Å². The molecule has 0 aromatic carbocycles. The largest absolute Gasteiger partial charge is 0.328 e. The summed E-state index contributed by atoms with van der Waals surface area (Å²) in [5.74, 6) is 1.98. The molecule has 0 bridgehead atoms. The van der Waals surface area contributed by atoms with Crippen molar-refractivity contribution in [2.45, 2.75) is 47.2 Å². The summed E-state index contributed by atoms with van der Waals surface area (Å²) < 4.78 is 8.53. The summed E-state index contributed by atoms with van der Waals surface area (Å²) in [6, 6.07) is 7.38. The van der Waals surface area contributed by atoms with E-state index in [0.717, 1.165) is 58.7 Å². The second-order valence-corrected chi connectivity index (χ2v) is 9.89. The number of hydrogen-bond acceptors (Lipinski definition) is 9. The Labute approximate surface area is 231 Å². The lowest BCUT2D eigenvalue weighted by Gasteiger charge is -2.08. The molecule has 204 valence electrons. The molecule has 0 aliphatic carbocycles. The van der Waals surface area contributed by atoms with Gasteiger partial charge in [-0.05, 0) is 56.0 Å². The summed E-state index contributed by atoms with van der Waals surface area (Å²) in [6.45, 7) is 11.1. The van der Waals surface area contributed by atoms with Crippen LogP contribution >= 0.6 is 11.5 Å². The Balaban J connectivity index is 0.000000333. The maximum absolute atomic E-state index is 9.82. The van der Waals surface area contributed by atoms with Crippen LogP contribution in [-0.4, -0.2) is 46.5 Å². The number of amides is 1. The van der Waals surface area contributed by atoms with Gasteiger partial charge in [-0.15, -0.1) is 0 Å². The first kappa shape index (κ1) is 27.9. The van der Waals surface area contributed by atoms with Crippen molar-refractivity contribution < 1.29 is 4.79 Å². The Bertz CT molecular complexity index is 1480. The SMILES string of the molecule is CCC(C)CNCc1cc(Nc2nc(C)cn3c(-c4cnn(CC)c4)cnc23)sn1.O=CNc1ccccn1. The Morgan fingerprint density at radius 3 is 2.74 bits per heavy atom. The lowest BCUT2D eigenvalue weighted by molar-refractivity contribution is -0.105. The zero-order valence-electron chi connectivity index (χ0n) is 22.6. The van der Waals surface area contributed by atoms with Crippen LogP contribution in [0, 0.1) is 12.8 Å². The van der Waals surface area contributed by atoms with Crippen LogP contribution in [0.3, 0.4) is 0 Å². The summed E-state index contributed by atoms with van der Waals surface area (Å²) in [5.41, 5.74) is 4.76. The molecule has 5 aromatic heterocycles. The Morgan fingerprint density at radius 2 is 2.03 bits per heavy atom. The fourth-order valence-corrected chi connectivity index (χ4v) is 4.41. The molecule has 0 radical (unpaired) electrons. The number of hydrogen-bond donors (Lipinski definition) is 3. The Hall–Kier alpha value is -4.16. The van der Waals surface area contributed by atoms with Crippen molar-refractivity contribution in [3.05, 3.63) is 66.6 Å².